The molecule has 0 aliphatic heterocycles. The van der Waals surface area contributed by atoms with Crippen LogP contribution in [0.5, 0.6) is 0 Å². The van der Waals surface area contributed by atoms with Gasteiger partial charge < -0.3 is 13.8 Å². The maximum atomic E-state index is 5.03. The first-order valence-electron chi connectivity index (χ1n) is 24.9. The monoisotopic (exact) mass is 1120 g/mol. The molecule has 0 bridgehead atoms. The van der Waals surface area contributed by atoms with Crippen molar-refractivity contribution in [1.29, 1.82) is 0 Å². The van der Waals surface area contributed by atoms with Crippen LogP contribution in [0.1, 0.15) is 56.5 Å². The van der Waals surface area contributed by atoms with Crippen molar-refractivity contribution in [2.75, 3.05) is 0 Å². The normalized spacial score (nSPS) is 11.5. The van der Waals surface area contributed by atoms with Crippen molar-refractivity contribution in [3.63, 3.8) is 0 Å². The van der Waals surface area contributed by atoms with Gasteiger partial charge in [0.25, 0.3) is 0 Å². The van der Waals surface area contributed by atoms with Gasteiger partial charge in [0.05, 0.1) is 17.1 Å². The molecule has 0 saturated heterocycles. The number of aromatic nitrogens is 6. The number of hydrogen-bond donors (Lipinski definition) is 0. The van der Waals surface area contributed by atoms with E-state index in [0.29, 0.717) is 0 Å². The summed E-state index contributed by atoms with van der Waals surface area (Å²) in [5.41, 5.74) is 24.7. The number of pyridine rings is 2. The summed E-state index contributed by atoms with van der Waals surface area (Å²) in [4.78, 5) is 19.6. The maximum Gasteiger partial charge on any atom is 3.00 e. The van der Waals surface area contributed by atoms with Gasteiger partial charge in [-0.25, -0.2) is 0 Å². The molecule has 12 aromatic rings. The van der Waals surface area contributed by atoms with Gasteiger partial charge >= 0.3 is 20.1 Å². The molecule has 0 radical (unpaired) electrons. The van der Waals surface area contributed by atoms with Gasteiger partial charge in [0.2, 0.25) is 0 Å². The van der Waals surface area contributed by atoms with Crippen molar-refractivity contribution in [2.24, 2.45) is 0 Å². The van der Waals surface area contributed by atoms with Gasteiger partial charge in [0, 0.05) is 34.7 Å². The smallest absolute Gasteiger partial charge is 0.342 e. The molecule has 0 N–H and O–H groups in total. The SMILES string of the molecule is Cc1nc2c3[c-]cc(CCc4cc(CCc5c[c-]c6c(c5)nc(C)n5c(C)c(C)nc65)cc(-c5ccccc5-c5c[c-]c(-c6cc(-c7ccc(-c8ccccc8)cc7)ccn6)cc5)c4)cc3cc(C)n2c1C.[Ir+3]. The molecule has 0 saturated carbocycles. The zero-order valence-electron chi connectivity index (χ0n) is 41.9. The molecule has 7 heteroatoms. The average molecular weight is 1120 g/mol. The second-order valence-electron chi connectivity index (χ2n) is 19.4. The Morgan fingerprint density at radius 1 is 0.438 bits per heavy atom. The van der Waals surface area contributed by atoms with E-state index in [0.717, 1.165) is 104 Å². The molecule has 7 aromatic carbocycles. The summed E-state index contributed by atoms with van der Waals surface area (Å²) in [6, 6.07) is 67.9. The molecule has 0 amide bonds. The van der Waals surface area contributed by atoms with Crippen LogP contribution >= 0.6 is 0 Å². The van der Waals surface area contributed by atoms with Crippen molar-refractivity contribution in [3.05, 3.63) is 239 Å². The molecule has 0 spiro atoms. The number of imidazole rings is 2. The van der Waals surface area contributed by atoms with Crippen molar-refractivity contribution in [2.45, 2.75) is 67.2 Å². The van der Waals surface area contributed by atoms with Crippen LogP contribution in [0.25, 0.3) is 88.7 Å². The summed E-state index contributed by atoms with van der Waals surface area (Å²) < 4.78 is 4.40. The van der Waals surface area contributed by atoms with Crippen LogP contribution in [0.4, 0.5) is 0 Å². The first-order chi connectivity index (χ1) is 35.1. The van der Waals surface area contributed by atoms with Gasteiger partial charge in [0.15, 0.2) is 0 Å². The van der Waals surface area contributed by atoms with Gasteiger partial charge in [0.1, 0.15) is 0 Å². The van der Waals surface area contributed by atoms with E-state index in [4.69, 9.17) is 19.9 Å². The van der Waals surface area contributed by atoms with Crippen molar-refractivity contribution in [1.82, 2.24) is 28.7 Å². The molecule has 73 heavy (non-hydrogen) atoms. The predicted molar refractivity (Wildman–Crippen MR) is 294 cm³/mol. The first-order valence-corrected chi connectivity index (χ1v) is 24.9. The Labute approximate surface area is 440 Å². The molecular weight excluding hydrogens is 1070 g/mol. The van der Waals surface area contributed by atoms with Crippen LogP contribution in [-0.2, 0) is 45.8 Å². The molecule has 12 rings (SSSR count). The quantitative estimate of drug-likeness (QED) is 0.121. The van der Waals surface area contributed by atoms with E-state index in [1.54, 1.807) is 0 Å². The Kier molecular flexibility index (Phi) is 12.8. The Morgan fingerprint density at radius 2 is 1.01 bits per heavy atom. The summed E-state index contributed by atoms with van der Waals surface area (Å²) >= 11 is 0. The largest absolute Gasteiger partial charge is 3.00 e. The van der Waals surface area contributed by atoms with Crippen molar-refractivity contribution >= 4 is 33.0 Å². The van der Waals surface area contributed by atoms with Crippen molar-refractivity contribution in [3.8, 4) is 55.8 Å². The standard InChI is InChI=1S/C66H53N6.Ir/c1-41-34-57-36-47(20-30-61(57)65-68-42(2)44(4)71(41)65)16-18-49-35-50(19-17-48-21-31-62-64(39-48)70-46(6)72-45(5)43(3)69-66(62)72)38-58(37-49)60-15-11-10-14-59(60)54-26-28-55(29-27-54)63-40-56(32-33-67-63)53-24-22-52(23-25-53)51-12-8-7-9-13-51;/h7-15,20-28,32-40H,16-19H2,1-6H3;/q-3;+3. The zero-order chi connectivity index (χ0) is 49.0. The number of nitrogens with zero attached hydrogens (tertiary/aromatic N) is 6. The topological polar surface area (TPSA) is 60.4 Å². The second kappa shape index (κ2) is 19.6. The molecule has 5 heterocycles. The number of benzene rings is 7. The summed E-state index contributed by atoms with van der Waals surface area (Å²) in [7, 11) is 0. The van der Waals surface area contributed by atoms with Gasteiger partial charge in [-0.05, 0) is 116 Å². The molecule has 6 nitrogen and oxygen atoms in total. The van der Waals surface area contributed by atoms with E-state index >= 15 is 0 Å². The van der Waals surface area contributed by atoms with E-state index in [2.05, 4.69) is 226 Å². The Hall–Kier alpha value is -7.83. The molecule has 0 unspecified atom stereocenters. The molecular formula is C66H53IrN6. The van der Waals surface area contributed by atoms with E-state index < -0.39 is 0 Å². The van der Waals surface area contributed by atoms with E-state index in [9.17, 15) is 0 Å². The average Bonchev–Trinajstić information content (AvgIpc) is 3.90. The number of aryl methyl sites for hydroxylation is 10. The molecule has 0 aliphatic carbocycles. The molecule has 5 aromatic heterocycles. The van der Waals surface area contributed by atoms with Crippen LogP contribution in [0.3, 0.4) is 0 Å². The zero-order valence-corrected chi connectivity index (χ0v) is 44.3. The van der Waals surface area contributed by atoms with Gasteiger partial charge in [-0.1, -0.05) is 139 Å². The third kappa shape index (κ3) is 9.09. The summed E-state index contributed by atoms with van der Waals surface area (Å²) in [6.45, 7) is 12.6. The van der Waals surface area contributed by atoms with Crippen LogP contribution in [0, 0.1) is 59.7 Å². The Bertz CT molecular complexity index is 3880. The molecule has 356 valence electrons. The van der Waals surface area contributed by atoms with E-state index in [-0.39, 0.29) is 20.1 Å². The molecule has 0 aliphatic rings. The van der Waals surface area contributed by atoms with Gasteiger partial charge in [-0.2, -0.15) is 0 Å². The minimum absolute atomic E-state index is 0. The number of hydrogen-bond acceptors (Lipinski definition) is 4. The predicted octanol–water partition coefficient (Wildman–Crippen LogP) is 15.2. The minimum Gasteiger partial charge on any atom is -0.342 e. The van der Waals surface area contributed by atoms with E-state index in [1.807, 2.05) is 6.20 Å². The third-order valence-electron chi connectivity index (χ3n) is 14.7. The Morgan fingerprint density at radius 3 is 1.70 bits per heavy atom. The van der Waals surface area contributed by atoms with Crippen LogP contribution in [-0.4, -0.2) is 28.7 Å². The van der Waals surface area contributed by atoms with Crippen LogP contribution in [0.15, 0.2) is 164 Å². The second-order valence-corrected chi connectivity index (χ2v) is 19.4. The fraction of sp³-hybridized carbons (Fsp3) is 0.152. The number of fused-ring (bicyclic) bond motifs is 6. The minimum atomic E-state index is 0. The van der Waals surface area contributed by atoms with Gasteiger partial charge in [-0.3, -0.25) is 15.0 Å². The van der Waals surface area contributed by atoms with Crippen LogP contribution < -0.4 is 0 Å². The van der Waals surface area contributed by atoms with Crippen molar-refractivity contribution < 1.29 is 20.1 Å². The summed E-state index contributed by atoms with van der Waals surface area (Å²) in [5.74, 6) is 0.940. The van der Waals surface area contributed by atoms with Crippen LogP contribution in [0.2, 0.25) is 0 Å². The Balaban J connectivity index is 0.00000574. The third-order valence-corrected chi connectivity index (χ3v) is 14.7. The first kappa shape index (κ1) is 47.5. The maximum absolute atomic E-state index is 5.03. The fourth-order valence-electron chi connectivity index (χ4n) is 10.6. The number of rotatable bonds is 11. The molecule has 0 fully saturated rings. The fourth-order valence-corrected chi connectivity index (χ4v) is 10.6. The van der Waals surface area contributed by atoms with Gasteiger partial charge in [-0.15, -0.1) is 88.1 Å². The summed E-state index contributed by atoms with van der Waals surface area (Å²) in [5, 5.41) is 3.21. The van der Waals surface area contributed by atoms with E-state index in [1.165, 1.54) is 66.8 Å². The summed E-state index contributed by atoms with van der Waals surface area (Å²) in [6.07, 6.45) is 5.42. The molecule has 0 atom stereocenters.